The van der Waals surface area contributed by atoms with E-state index in [9.17, 15) is 4.79 Å². The van der Waals surface area contributed by atoms with Crippen molar-refractivity contribution in [3.63, 3.8) is 0 Å². The summed E-state index contributed by atoms with van der Waals surface area (Å²) in [6.45, 7) is 4.36. The minimum absolute atomic E-state index is 0.341. The van der Waals surface area contributed by atoms with Crippen molar-refractivity contribution in [3.05, 3.63) is 17.8 Å². The van der Waals surface area contributed by atoms with Crippen LogP contribution in [-0.4, -0.2) is 23.6 Å². The van der Waals surface area contributed by atoms with Crippen LogP contribution >= 0.6 is 0 Å². The second-order valence-corrected chi connectivity index (χ2v) is 5.14. The van der Waals surface area contributed by atoms with Crippen molar-refractivity contribution in [2.24, 2.45) is 5.92 Å². The Morgan fingerprint density at radius 1 is 1.58 bits per heavy atom. The third kappa shape index (κ3) is 3.36. The minimum Gasteiger partial charge on any atom is -0.462 e. The van der Waals surface area contributed by atoms with E-state index in [1.165, 1.54) is 6.42 Å². The van der Waals surface area contributed by atoms with Crippen molar-refractivity contribution in [3.8, 4) is 0 Å². The van der Waals surface area contributed by atoms with Crippen LogP contribution in [-0.2, 0) is 4.74 Å². The van der Waals surface area contributed by atoms with E-state index in [4.69, 9.17) is 10.5 Å². The number of aromatic nitrogens is 1. The first-order valence-corrected chi connectivity index (χ1v) is 6.79. The quantitative estimate of drug-likeness (QED) is 0.816. The Bertz CT molecular complexity index is 462. The van der Waals surface area contributed by atoms with Gasteiger partial charge in [-0.25, -0.2) is 9.78 Å². The lowest BCUT2D eigenvalue weighted by Gasteiger charge is -2.16. The van der Waals surface area contributed by atoms with Crippen LogP contribution in [0, 0.1) is 5.92 Å². The maximum absolute atomic E-state index is 11.9. The maximum atomic E-state index is 11.9. The molecule has 3 N–H and O–H groups in total. The van der Waals surface area contributed by atoms with Gasteiger partial charge in [-0.3, -0.25) is 0 Å². The molecule has 2 unspecified atom stereocenters. The van der Waals surface area contributed by atoms with Gasteiger partial charge in [-0.15, -0.1) is 0 Å². The van der Waals surface area contributed by atoms with Crippen molar-refractivity contribution < 1.29 is 9.53 Å². The second-order valence-electron chi connectivity index (χ2n) is 5.14. The average Bonchev–Trinajstić information content (AvgIpc) is 2.77. The number of nitrogens with one attached hydrogen (secondary N) is 1. The molecule has 104 valence electrons. The molecule has 0 amide bonds. The van der Waals surface area contributed by atoms with Crippen molar-refractivity contribution >= 4 is 17.5 Å². The highest BCUT2D eigenvalue weighted by molar-refractivity contribution is 5.95. The van der Waals surface area contributed by atoms with Gasteiger partial charge in [0.05, 0.1) is 18.5 Å². The van der Waals surface area contributed by atoms with Crippen molar-refractivity contribution in [2.75, 3.05) is 17.7 Å². The molecule has 0 radical (unpaired) electrons. The van der Waals surface area contributed by atoms with Gasteiger partial charge in [0.2, 0.25) is 0 Å². The molecule has 1 aliphatic rings. The van der Waals surface area contributed by atoms with Crippen LogP contribution in [0.15, 0.2) is 12.3 Å². The van der Waals surface area contributed by atoms with E-state index in [1.54, 1.807) is 19.2 Å². The Morgan fingerprint density at radius 3 is 3.00 bits per heavy atom. The summed E-state index contributed by atoms with van der Waals surface area (Å²) in [5.74, 6) is 0.917. The summed E-state index contributed by atoms with van der Waals surface area (Å²) in [5, 5.41) is 3.34. The first-order chi connectivity index (χ1) is 9.10. The zero-order chi connectivity index (χ0) is 13.8. The van der Waals surface area contributed by atoms with Gasteiger partial charge in [0.15, 0.2) is 0 Å². The molecule has 1 saturated carbocycles. The van der Waals surface area contributed by atoms with Crippen molar-refractivity contribution in [1.82, 2.24) is 4.98 Å². The van der Waals surface area contributed by atoms with Crippen LogP contribution in [0.25, 0.3) is 0 Å². The normalized spacial score (nSPS) is 22.2. The highest BCUT2D eigenvalue weighted by atomic mass is 16.5. The monoisotopic (exact) mass is 263 g/mol. The summed E-state index contributed by atoms with van der Waals surface area (Å²) in [6.07, 6.45) is 4.98. The summed E-state index contributed by atoms with van der Waals surface area (Å²) in [4.78, 5) is 16.1. The standard InChI is InChI=1S/C14H21N3O2/c1-3-19-14(18)12-7-10(15)8-16-13(12)17-11-5-4-9(2)6-11/h7-9,11H,3-6,15H2,1-2H3,(H,16,17). The van der Waals surface area contributed by atoms with E-state index in [0.29, 0.717) is 29.7 Å². The average molecular weight is 263 g/mol. The Hall–Kier alpha value is -1.78. The van der Waals surface area contributed by atoms with Crippen LogP contribution in [0.3, 0.4) is 0 Å². The summed E-state index contributed by atoms with van der Waals surface area (Å²) in [5.41, 5.74) is 6.58. The lowest BCUT2D eigenvalue weighted by atomic mass is 10.1. The number of carbonyl (C=O) groups is 1. The molecule has 1 aromatic rings. The SMILES string of the molecule is CCOC(=O)c1cc(N)cnc1NC1CCC(C)C1. The summed E-state index contributed by atoms with van der Waals surface area (Å²) < 4.78 is 5.03. The molecule has 2 atom stereocenters. The smallest absolute Gasteiger partial charge is 0.341 e. The number of ether oxygens (including phenoxy) is 1. The molecule has 0 spiro atoms. The number of nitrogen functional groups attached to an aromatic ring is 1. The molecule has 5 heteroatoms. The van der Waals surface area contributed by atoms with E-state index < -0.39 is 0 Å². The van der Waals surface area contributed by atoms with Gasteiger partial charge >= 0.3 is 5.97 Å². The Balaban J connectivity index is 2.17. The number of hydrogen-bond acceptors (Lipinski definition) is 5. The molecule has 1 fully saturated rings. The number of hydrogen-bond donors (Lipinski definition) is 2. The second kappa shape index (κ2) is 5.91. The van der Waals surface area contributed by atoms with Crippen molar-refractivity contribution in [2.45, 2.75) is 39.2 Å². The number of anilines is 2. The number of pyridine rings is 1. The zero-order valence-corrected chi connectivity index (χ0v) is 11.5. The number of esters is 1. The Kier molecular flexibility index (Phi) is 4.24. The van der Waals surface area contributed by atoms with Gasteiger partial charge in [0.25, 0.3) is 0 Å². The van der Waals surface area contributed by atoms with E-state index >= 15 is 0 Å². The van der Waals surface area contributed by atoms with Gasteiger partial charge in [-0.05, 0) is 38.2 Å². The lowest BCUT2D eigenvalue weighted by molar-refractivity contribution is 0.0527. The lowest BCUT2D eigenvalue weighted by Crippen LogP contribution is -2.19. The number of nitrogens with zero attached hydrogens (tertiary/aromatic N) is 1. The Labute approximate surface area is 113 Å². The third-order valence-corrected chi connectivity index (χ3v) is 3.44. The summed E-state index contributed by atoms with van der Waals surface area (Å²) in [6, 6.07) is 1.99. The molecular formula is C14H21N3O2. The molecule has 0 aliphatic heterocycles. The fraction of sp³-hybridized carbons (Fsp3) is 0.571. The number of rotatable bonds is 4. The minimum atomic E-state index is -0.379. The van der Waals surface area contributed by atoms with E-state index in [1.807, 2.05) is 0 Å². The van der Waals surface area contributed by atoms with Gasteiger partial charge in [0.1, 0.15) is 11.4 Å². The first-order valence-electron chi connectivity index (χ1n) is 6.79. The van der Waals surface area contributed by atoms with E-state index in [-0.39, 0.29) is 5.97 Å². The fourth-order valence-electron chi connectivity index (χ4n) is 2.49. The topological polar surface area (TPSA) is 77.2 Å². The molecule has 0 saturated heterocycles. The van der Waals surface area contributed by atoms with E-state index in [2.05, 4.69) is 17.2 Å². The van der Waals surface area contributed by atoms with Crippen LogP contribution < -0.4 is 11.1 Å². The molecule has 2 rings (SSSR count). The molecule has 1 aliphatic carbocycles. The highest BCUT2D eigenvalue weighted by Crippen LogP contribution is 2.28. The van der Waals surface area contributed by atoms with Gasteiger partial charge in [-0.2, -0.15) is 0 Å². The maximum Gasteiger partial charge on any atom is 0.341 e. The highest BCUT2D eigenvalue weighted by Gasteiger charge is 2.23. The molecule has 5 nitrogen and oxygen atoms in total. The van der Waals surface area contributed by atoms with Gasteiger partial charge in [-0.1, -0.05) is 6.92 Å². The molecule has 0 aromatic carbocycles. The molecular weight excluding hydrogens is 242 g/mol. The molecule has 1 heterocycles. The predicted octanol–water partition coefficient (Wildman–Crippen LogP) is 2.44. The largest absolute Gasteiger partial charge is 0.462 e. The zero-order valence-electron chi connectivity index (χ0n) is 11.5. The van der Waals surface area contributed by atoms with Crippen LogP contribution in [0.1, 0.15) is 43.5 Å². The summed E-state index contributed by atoms with van der Waals surface area (Å²) >= 11 is 0. The molecule has 1 aromatic heterocycles. The van der Waals surface area contributed by atoms with Crippen LogP contribution in [0.4, 0.5) is 11.5 Å². The third-order valence-electron chi connectivity index (χ3n) is 3.44. The van der Waals surface area contributed by atoms with Gasteiger partial charge < -0.3 is 15.8 Å². The first kappa shape index (κ1) is 13.6. The molecule has 19 heavy (non-hydrogen) atoms. The predicted molar refractivity (Wildman–Crippen MR) is 75.0 cm³/mol. The van der Waals surface area contributed by atoms with Crippen LogP contribution in [0.2, 0.25) is 0 Å². The summed E-state index contributed by atoms with van der Waals surface area (Å²) in [7, 11) is 0. The van der Waals surface area contributed by atoms with E-state index in [0.717, 1.165) is 18.8 Å². The van der Waals surface area contributed by atoms with Crippen LogP contribution in [0.5, 0.6) is 0 Å². The fourth-order valence-corrected chi connectivity index (χ4v) is 2.49. The molecule has 0 bridgehead atoms. The number of carbonyl (C=O) groups excluding carboxylic acids is 1. The van der Waals surface area contributed by atoms with Gasteiger partial charge in [0, 0.05) is 6.04 Å². The Morgan fingerprint density at radius 2 is 2.37 bits per heavy atom. The van der Waals surface area contributed by atoms with Crippen molar-refractivity contribution in [1.29, 1.82) is 0 Å². The number of nitrogens with two attached hydrogens (primary N) is 1.